The van der Waals surface area contributed by atoms with Crippen LogP contribution in [0, 0.1) is 6.92 Å². The number of nitrogens with one attached hydrogen (secondary N) is 1. The van der Waals surface area contributed by atoms with Crippen LogP contribution in [0.1, 0.15) is 18.2 Å². The highest BCUT2D eigenvalue weighted by molar-refractivity contribution is 5.90. The molecule has 0 unspecified atom stereocenters. The lowest BCUT2D eigenvalue weighted by molar-refractivity contribution is -0.128. The number of aromatic amines is 1. The van der Waals surface area contributed by atoms with E-state index in [-0.39, 0.29) is 5.91 Å². The van der Waals surface area contributed by atoms with Crippen LogP contribution in [0.25, 0.3) is 10.9 Å². The summed E-state index contributed by atoms with van der Waals surface area (Å²) in [4.78, 5) is 17.0. The summed E-state index contributed by atoms with van der Waals surface area (Å²) in [6.45, 7) is 4.76. The zero-order chi connectivity index (χ0) is 12.4. The molecule has 2 aromatic rings. The van der Waals surface area contributed by atoms with E-state index in [1.807, 2.05) is 39.1 Å². The average Bonchev–Trinajstić information content (AvgIpc) is 2.65. The Labute approximate surface area is 101 Å². The molecule has 1 amide bonds. The normalized spacial score (nSPS) is 10.8. The van der Waals surface area contributed by atoms with Crippen LogP contribution in [0.4, 0.5) is 0 Å². The number of amides is 1. The van der Waals surface area contributed by atoms with Gasteiger partial charge in [-0.05, 0) is 25.5 Å². The van der Waals surface area contributed by atoms with Crippen molar-refractivity contribution in [3.63, 3.8) is 0 Å². The van der Waals surface area contributed by atoms with Gasteiger partial charge >= 0.3 is 0 Å². The molecule has 0 fully saturated rings. The summed E-state index contributed by atoms with van der Waals surface area (Å²) in [6.07, 6.45) is 0.472. The summed E-state index contributed by atoms with van der Waals surface area (Å²) in [6, 6.07) is 8.11. The van der Waals surface area contributed by atoms with Crippen LogP contribution in [-0.2, 0) is 11.2 Å². The Hall–Kier alpha value is -1.77. The molecule has 1 heterocycles. The number of benzene rings is 1. The van der Waals surface area contributed by atoms with Gasteiger partial charge in [-0.15, -0.1) is 0 Å². The number of carbonyl (C=O) groups is 1. The third-order valence-corrected chi connectivity index (χ3v) is 3.26. The van der Waals surface area contributed by atoms with E-state index >= 15 is 0 Å². The second-order valence-corrected chi connectivity index (χ2v) is 4.36. The molecule has 1 N–H and O–H groups in total. The molecule has 0 spiro atoms. The summed E-state index contributed by atoms with van der Waals surface area (Å²) < 4.78 is 0. The number of likely N-dealkylation sites (N-methyl/N-ethyl adjacent to an activating group) is 1. The number of aromatic nitrogens is 1. The minimum absolute atomic E-state index is 0.167. The highest BCUT2D eigenvalue weighted by Crippen LogP contribution is 2.22. The van der Waals surface area contributed by atoms with Crippen LogP contribution in [0.2, 0.25) is 0 Å². The molecule has 3 heteroatoms. The Morgan fingerprint density at radius 3 is 2.76 bits per heavy atom. The van der Waals surface area contributed by atoms with E-state index in [4.69, 9.17) is 0 Å². The van der Waals surface area contributed by atoms with Gasteiger partial charge in [0.25, 0.3) is 0 Å². The minimum Gasteiger partial charge on any atom is -0.358 e. The number of carbonyl (C=O) groups excluding carboxylic acids is 1. The highest BCUT2D eigenvalue weighted by atomic mass is 16.2. The third kappa shape index (κ3) is 2.18. The topological polar surface area (TPSA) is 36.1 Å². The van der Waals surface area contributed by atoms with Gasteiger partial charge in [-0.25, -0.2) is 0 Å². The molecular formula is C14H18N2O. The summed E-state index contributed by atoms with van der Waals surface area (Å²) >= 11 is 0. The second-order valence-electron chi connectivity index (χ2n) is 4.36. The molecule has 0 saturated carbocycles. The first-order valence-corrected chi connectivity index (χ1v) is 5.93. The Morgan fingerprint density at radius 2 is 2.06 bits per heavy atom. The van der Waals surface area contributed by atoms with Gasteiger partial charge < -0.3 is 9.88 Å². The van der Waals surface area contributed by atoms with Gasteiger partial charge in [0.15, 0.2) is 0 Å². The van der Waals surface area contributed by atoms with Crippen LogP contribution in [0.3, 0.4) is 0 Å². The molecule has 1 aromatic carbocycles. The Morgan fingerprint density at radius 1 is 1.35 bits per heavy atom. The zero-order valence-corrected chi connectivity index (χ0v) is 10.6. The highest BCUT2D eigenvalue weighted by Gasteiger charge is 2.13. The maximum atomic E-state index is 11.9. The molecule has 0 aliphatic heterocycles. The van der Waals surface area contributed by atoms with Crippen molar-refractivity contribution >= 4 is 16.8 Å². The fourth-order valence-electron chi connectivity index (χ4n) is 2.03. The summed E-state index contributed by atoms with van der Waals surface area (Å²) in [5.74, 6) is 0.167. The minimum atomic E-state index is 0.167. The van der Waals surface area contributed by atoms with Gasteiger partial charge in [-0.1, -0.05) is 18.2 Å². The molecule has 0 radical (unpaired) electrons. The number of H-pyrrole nitrogens is 1. The van der Waals surface area contributed by atoms with Crippen molar-refractivity contribution in [3.8, 4) is 0 Å². The molecule has 90 valence electrons. The fraction of sp³-hybridized carbons (Fsp3) is 0.357. The standard InChI is InChI=1S/C14H18N2O/c1-4-16(3)14(17)9-12-10(2)15-13-8-6-5-7-11(12)13/h5-8,15H,4,9H2,1-3H3. The summed E-state index contributed by atoms with van der Waals surface area (Å²) in [7, 11) is 1.84. The van der Waals surface area contributed by atoms with Gasteiger partial charge in [0.2, 0.25) is 5.91 Å². The SMILES string of the molecule is CCN(C)C(=O)Cc1c(C)[nH]c2ccccc12. The number of hydrogen-bond acceptors (Lipinski definition) is 1. The molecule has 17 heavy (non-hydrogen) atoms. The van der Waals surface area contributed by atoms with Gasteiger partial charge in [-0.3, -0.25) is 4.79 Å². The van der Waals surface area contributed by atoms with Crippen LogP contribution in [0.15, 0.2) is 24.3 Å². The van der Waals surface area contributed by atoms with Crippen LogP contribution < -0.4 is 0 Å². The smallest absolute Gasteiger partial charge is 0.226 e. The maximum absolute atomic E-state index is 11.9. The zero-order valence-electron chi connectivity index (χ0n) is 10.6. The van der Waals surface area contributed by atoms with Crippen molar-refractivity contribution in [2.24, 2.45) is 0 Å². The number of para-hydroxylation sites is 1. The molecule has 0 bridgehead atoms. The van der Waals surface area contributed by atoms with E-state index in [0.29, 0.717) is 6.42 Å². The largest absolute Gasteiger partial charge is 0.358 e. The lowest BCUT2D eigenvalue weighted by Crippen LogP contribution is -2.27. The van der Waals surface area contributed by atoms with E-state index in [0.717, 1.165) is 28.7 Å². The number of aryl methyl sites for hydroxylation is 1. The molecule has 3 nitrogen and oxygen atoms in total. The first kappa shape index (κ1) is 11.7. The molecule has 0 saturated heterocycles. The predicted octanol–water partition coefficient (Wildman–Crippen LogP) is 2.50. The molecule has 0 aliphatic rings. The second kappa shape index (κ2) is 4.62. The van der Waals surface area contributed by atoms with E-state index < -0.39 is 0 Å². The predicted molar refractivity (Wildman–Crippen MR) is 70.1 cm³/mol. The first-order valence-electron chi connectivity index (χ1n) is 5.93. The average molecular weight is 230 g/mol. The molecule has 0 atom stereocenters. The summed E-state index contributed by atoms with van der Waals surface area (Å²) in [5, 5.41) is 1.16. The van der Waals surface area contributed by atoms with Crippen molar-refractivity contribution in [3.05, 3.63) is 35.5 Å². The van der Waals surface area contributed by atoms with E-state index in [1.54, 1.807) is 4.90 Å². The number of fused-ring (bicyclic) bond motifs is 1. The monoisotopic (exact) mass is 230 g/mol. The quantitative estimate of drug-likeness (QED) is 0.864. The Kier molecular flexibility index (Phi) is 3.18. The maximum Gasteiger partial charge on any atom is 0.226 e. The lowest BCUT2D eigenvalue weighted by Gasteiger charge is -2.14. The Balaban J connectivity index is 2.35. The van der Waals surface area contributed by atoms with Gasteiger partial charge in [0, 0.05) is 30.2 Å². The number of hydrogen-bond donors (Lipinski definition) is 1. The molecule has 2 rings (SSSR count). The van der Waals surface area contributed by atoms with Crippen molar-refractivity contribution < 1.29 is 4.79 Å². The van der Waals surface area contributed by atoms with Gasteiger partial charge in [0.1, 0.15) is 0 Å². The van der Waals surface area contributed by atoms with Gasteiger partial charge in [-0.2, -0.15) is 0 Å². The van der Waals surface area contributed by atoms with Crippen molar-refractivity contribution in [1.82, 2.24) is 9.88 Å². The van der Waals surface area contributed by atoms with Crippen LogP contribution >= 0.6 is 0 Å². The molecule has 1 aromatic heterocycles. The first-order chi connectivity index (χ1) is 8.13. The molecule has 0 aliphatic carbocycles. The van der Waals surface area contributed by atoms with E-state index in [2.05, 4.69) is 11.1 Å². The van der Waals surface area contributed by atoms with Gasteiger partial charge in [0.05, 0.1) is 6.42 Å². The fourth-order valence-corrected chi connectivity index (χ4v) is 2.03. The Bertz CT molecular complexity index is 542. The van der Waals surface area contributed by atoms with E-state index in [9.17, 15) is 4.79 Å². The van der Waals surface area contributed by atoms with Crippen LogP contribution in [0.5, 0.6) is 0 Å². The number of nitrogens with zero attached hydrogens (tertiary/aromatic N) is 1. The van der Waals surface area contributed by atoms with Crippen LogP contribution in [-0.4, -0.2) is 29.4 Å². The van der Waals surface area contributed by atoms with Crippen molar-refractivity contribution in [2.75, 3.05) is 13.6 Å². The van der Waals surface area contributed by atoms with E-state index in [1.165, 1.54) is 0 Å². The molecular weight excluding hydrogens is 212 g/mol. The van der Waals surface area contributed by atoms with Crippen molar-refractivity contribution in [1.29, 1.82) is 0 Å². The third-order valence-electron chi connectivity index (χ3n) is 3.26. The summed E-state index contributed by atoms with van der Waals surface area (Å²) in [5.41, 5.74) is 3.31. The number of rotatable bonds is 3. The lowest BCUT2D eigenvalue weighted by atomic mass is 10.1. The van der Waals surface area contributed by atoms with Crippen molar-refractivity contribution in [2.45, 2.75) is 20.3 Å².